The highest BCUT2D eigenvalue weighted by Crippen LogP contribution is 2.26. The van der Waals surface area contributed by atoms with Crippen LogP contribution < -0.4 is 10.1 Å². The van der Waals surface area contributed by atoms with E-state index in [-0.39, 0.29) is 6.10 Å². The third kappa shape index (κ3) is 3.74. The van der Waals surface area contributed by atoms with Gasteiger partial charge in [-0.15, -0.1) is 0 Å². The lowest BCUT2D eigenvalue weighted by Crippen LogP contribution is -2.22. The molecule has 0 amide bonds. The SMILES string of the molecule is CCCNCCC(C)Oc1ccc2c(c1)CCC2. The fourth-order valence-electron chi connectivity index (χ4n) is 2.52. The number of ether oxygens (including phenoxy) is 1. The van der Waals surface area contributed by atoms with Crippen LogP contribution in [0.25, 0.3) is 0 Å². The first-order chi connectivity index (χ1) is 8.79. The number of aryl methyl sites for hydroxylation is 2. The molecular weight excluding hydrogens is 222 g/mol. The third-order valence-electron chi connectivity index (χ3n) is 3.56. The molecule has 100 valence electrons. The molecule has 2 nitrogen and oxygen atoms in total. The van der Waals surface area contributed by atoms with Crippen LogP contribution in [0.1, 0.15) is 44.2 Å². The summed E-state index contributed by atoms with van der Waals surface area (Å²) < 4.78 is 5.98. The summed E-state index contributed by atoms with van der Waals surface area (Å²) in [6.45, 7) is 6.49. The molecule has 1 aromatic carbocycles. The molecule has 18 heavy (non-hydrogen) atoms. The van der Waals surface area contributed by atoms with Crippen LogP contribution in [0.4, 0.5) is 0 Å². The minimum atomic E-state index is 0.286. The van der Waals surface area contributed by atoms with Crippen LogP contribution in [0.15, 0.2) is 18.2 Å². The van der Waals surface area contributed by atoms with Gasteiger partial charge in [-0.25, -0.2) is 0 Å². The molecule has 0 saturated carbocycles. The molecule has 0 fully saturated rings. The lowest BCUT2D eigenvalue weighted by atomic mass is 10.1. The first-order valence-corrected chi connectivity index (χ1v) is 7.28. The molecule has 1 aliphatic rings. The predicted octanol–water partition coefficient (Wildman–Crippen LogP) is 3.33. The third-order valence-corrected chi connectivity index (χ3v) is 3.56. The van der Waals surface area contributed by atoms with Crippen molar-refractivity contribution in [3.63, 3.8) is 0 Å². The molecule has 2 rings (SSSR count). The molecule has 0 spiro atoms. The summed E-state index contributed by atoms with van der Waals surface area (Å²) >= 11 is 0. The van der Waals surface area contributed by atoms with Crippen LogP contribution in [0.2, 0.25) is 0 Å². The first-order valence-electron chi connectivity index (χ1n) is 7.28. The van der Waals surface area contributed by atoms with E-state index in [9.17, 15) is 0 Å². The van der Waals surface area contributed by atoms with E-state index in [4.69, 9.17) is 4.74 Å². The molecule has 1 N–H and O–H groups in total. The summed E-state index contributed by atoms with van der Waals surface area (Å²) in [6.07, 6.45) is 6.31. The van der Waals surface area contributed by atoms with Crippen molar-refractivity contribution in [2.75, 3.05) is 13.1 Å². The average molecular weight is 247 g/mol. The van der Waals surface area contributed by atoms with Gasteiger partial charge in [-0.2, -0.15) is 0 Å². The molecule has 0 aliphatic heterocycles. The van der Waals surface area contributed by atoms with E-state index in [1.165, 1.54) is 36.8 Å². The van der Waals surface area contributed by atoms with Crippen molar-refractivity contribution in [1.29, 1.82) is 0 Å². The van der Waals surface area contributed by atoms with E-state index < -0.39 is 0 Å². The van der Waals surface area contributed by atoms with E-state index in [0.29, 0.717) is 0 Å². The molecule has 0 radical (unpaired) electrons. The molecule has 1 unspecified atom stereocenters. The summed E-state index contributed by atoms with van der Waals surface area (Å²) in [4.78, 5) is 0. The number of hydrogen-bond acceptors (Lipinski definition) is 2. The van der Waals surface area contributed by atoms with Crippen molar-refractivity contribution >= 4 is 0 Å². The summed E-state index contributed by atoms with van der Waals surface area (Å²) in [5.74, 6) is 1.04. The highest BCUT2D eigenvalue weighted by atomic mass is 16.5. The zero-order chi connectivity index (χ0) is 12.8. The molecule has 1 aromatic rings. The van der Waals surface area contributed by atoms with Crippen molar-refractivity contribution in [3.8, 4) is 5.75 Å². The Morgan fingerprint density at radius 2 is 2.06 bits per heavy atom. The van der Waals surface area contributed by atoms with Gasteiger partial charge in [0.15, 0.2) is 0 Å². The zero-order valence-electron chi connectivity index (χ0n) is 11.7. The fraction of sp³-hybridized carbons (Fsp3) is 0.625. The lowest BCUT2D eigenvalue weighted by Gasteiger charge is -2.15. The van der Waals surface area contributed by atoms with E-state index in [1.54, 1.807) is 0 Å². The highest BCUT2D eigenvalue weighted by molar-refractivity contribution is 5.38. The van der Waals surface area contributed by atoms with Crippen LogP contribution in [0.3, 0.4) is 0 Å². The Balaban J connectivity index is 1.78. The normalized spacial score (nSPS) is 15.4. The second-order valence-corrected chi connectivity index (χ2v) is 5.25. The van der Waals surface area contributed by atoms with Gasteiger partial charge in [0, 0.05) is 0 Å². The van der Waals surface area contributed by atoms with Gasteiger partial charge in [-0.3, -0.25) is 0 Å². The number of benzene rings is 1. The largest absolute Gasteiger partial charge is 0.491 e. The van der Waals surface area contributed by atoms with Gasteiger partial charge < -0.3 is 10.1 Å². The molecule has 0 heterocycles. The Hall–Kier alpha value is -1.02. The fourth-order valence-corrected chi connectivity index (χ4v) is 2.52. The molecule has 0 aromatic heterocycles. The van der Waals surface area contributed by atoms with Crippen molar-refractivity contribution in [1.82, 2.24) is 5.32 Å². The van der Waals surface area contributed by atoms with E-state index in [0.717, 1.165) is 25.3 Å². The van der Waals surface area contributed by atoms with E-state index in [1.807, 2.05) is 0 Å². The molecular formula is C16H25NO. The van der Waals surface area contributed by atoms with Gasteiger partial charge >= 0.3 is 0 Å². The van der Waals surface area contributed by atoms with Crippen molar-refractivity contribution in [2.45, 2.75) is 52.1 Å². The average Bonchev–Trinajstić information content (AvgIpc) is 2.82. The Kier molecular flexibility index (Phi) is 5.06. The summed E-state index contributed by atoms with van der Waals surface area (Å²) in [6, 6.07) is 6.60. The molecule has 0 saturated heterocycles. The second kappa shape index (κ2) is 6.79. The maximum absolute atomic E-state index is 5.98. The summed E-state index contributed by atoms with van der Waals surface area (Å²) in [5, 5.41) is 3.41. The second-order valence-electron chi connectivity index (χ2n) is 5.25. The van der Waals surface area contributed by atoms with Crippen LogP contribution in [0, 0.1) is 0 Å². The monoisotopic (exact) mass is 247 g/mol. The number of nitrogens with one attached hydrogen (secondary N) is 1. The topological polar surface area (TPSA) is 21.3 Å². The van der Waals surface area contributed by atoms with Gasteiger partial charge in [0.25, 0.3) is 0 Å². The van der Waals surface area contributed by atoms with E-state index >= 15 is 0 Å². The highest BCUT2D eigenvalue weighted by Gasteiger charge is 2.12. The first kappa shape index (κ1) is 13.4. The van der Waals surface area contributed by atoms with Crippen LogP contribution >= 0.6 is 0 Å². The number of rotatable bonds is 7. The van der Waals surface area contributed by atoms with Gasteiger partial charge in [0.05, 0.1) is 6.10 Å². The standard InChI is InChI=1S/C16H25NO/c1-3-10-17-11-9-13(2)18-16-8-7-14-5-4-6-15(14)12-16/h7-8,12-13,17H,3-6,9-11H2,1-2H3. The number of fused-ring (bicyclic) bond motifs is 1. The molecule has 2 heteroatoms. The van der Waals surface area contributed by atoms with E-state index in [2.05, 4.69) is 37.4 Å². The predicted molar refractivity (Wildman–Crippen MR) is 76.3 cm³/mol. The summed E-state index contributed by atoms with van der Waals surface area (Å²) in [7, 11) is 0. The molecule has 1 aliphatic carbocycles. The Morgan fingerprint density at radius 3 is 2.89 bits per heavy atom. The smallest absolute Gasteiger partial charge is 0.119 e. The van der Waals surface area contributed by atoms with Crippen LogP contribution in [-0.4, -0.2) is 19.2 Å². The Labute approximate surface area is 111 Å². The van der Waals surface area contributed by atoms with Gasteiger partial charge in [0.2, 0.25) is 0 Å². The summed E-state index contributed by atoms with van der Waals surface area (Å²) in [5.41, 5.74) is 3.00. The van der Waals surface area contributed by atoms with Crippen molar-refractivity contribution in [2.24, 2.45) is 0 Å². The Bertz CT molecular complexity index is 375. The maximum atomic E-state index is 5.98. The Morgan fingerprint density at radius 1 is 1.22 bits per heavy atom. The quantitative estimate of drug-likeness (QED) is 0.746. The van der Waals surface area contributed by atoms with Gasteiger partial charge in [-0.1, -0.05) is 13.0 Å². The maximum Gasteiger partial charge on any atom is 0.119 e. The molecule has 1 atom stereocenters. The minimum absolute atomic E-state index is 0.286. The molecule has 0 bridgehead atoms. The zero-order valence-corrected chi connectivity index (χ0v) is 11.7. The van der Waals surface area contributed by atoms with Crippen LogP contribution in [-0.2, 0) is 12.8 Å². The number of hydrogen-bond donors (Lipinski definition) is 1. The van der Waals surface area contributed by atoms with Crippen molar-refractivity contribution in [3.05, 3.63) is 29.3 Å². The minimum Gasteiger partial charge on any atom is -0.491 e. The lowest BCUT2D eigenvalue weighted by molar-refractivity contribution is 0.210. The van der Waals surface area contributed by atoms with Crippen molar-refractivity contribution < 1.29 is 4.74 Å². The van der Waals surface area contributed by atoms with Gasteiger partial charge in [-0.05, 0) is 75.4 Å². The van der Waals surface area contributed by atoms with Gasteiger partial charge in [0.1, 0.15) is 5.75 Å². The van der Waals surface area contributed by atoms with Crippen LogP contribution in [0.5, 0.6) is 5.75 Å².